The molecule has 0 heterocycles. The molecule has 0 spiro atoms. The van der Waals surface area contributed by atoms with Gasteiger partial charge in [-0.2, -0.15) is 0 Å². The van der Waals surface area contributed by atoms with Crippen molar-refractivity contribution in [2.45, 2.75) is 37.6 Å². The van der Waals surface area contributed by atoms with Gasteiger partial charge in [-0.05, 0) is 46.9 Å². The van der Waals surface area contributed by atoms with E-state index in [1.165, 1.54) is 5.56 Å². The van der Waals surface area contributed by atoms with Crippen LogP contribution in [0.25, 0.3) is 10.8 Å². The van der Waals surface area contributed by atoms with E-state index in [0.717, 1.165) is 34.9 Å². The Bertz CT molecular complexity index is 943. The van der Waals surface area contributed by atoms with Crippen LogP contribution in [0.4, 0.5) is 5.69 Å². The first-order chi connectivity index (χ1) is 12.6. The summed E-state index contributed by atoms with van der Waals surface area (Å²) in [6.07, 6.45) is 2.42. The minimum absolute atomic E-state index is 0.00209. The summed E-state index contributed by atoms with van der Waals surface area (Å²) in [7, 11) is 0. The number of benzene rings is 3. The van der Waals surface area contributed by atoms with Gasteiger partial charge in [-0.3, -0.25) is 4.79 Å². The Morgan fingerprint density at radius 1 is 1.08 bits per heavy atom. The number of nitrogens with one attached hydrogen (secondary N) is 1. The average molecular weight is 344 g/mol. The van der Waals surface area contributed by atoms with E-state index in [4.69, 9.17) is 5.73 Å². The summed E-state index contributed by atoms with van der Waals surface area (Å²) in [5.74, 6) is 0.454. The maximum atomic E-state index is 12.5. The molecule has 1 amide bonds. The maximum absolute atomic E-state index is 12.5. The Balaban J connectivity index is 1.43. The van der Waals surface area contributed by atoms with E-state index < -0.39 is 0 Å². The zero-order chi connectivity index (χ0) is 18.1. The lowest BCUT2D eigenvalue weighted by Crippen LogP contribution is -2.22. The molecular formula is C23H24N2O. The van der Waals surface area contributed by atoms with Crippen molar-refractivity contribution in [3.05, 3.63) is 77.9 Å². The lowest BCUT2D eigenvalue weighted by atomic mass is 10.0. The lowest BCUT2D eigenvalue weighted by Gasteiger charge is -2.10. The van der Waals surface area contributed by atoms with Crippen molar-refractivity contribution >= 4 is 22.4 Å². The van der Waals surface area contributed by atoms with Crippen molar-refractivity contribution in [3.63, 3.8) is 0 Å². The van der Waals surface area contributed by atoms with Crippen molar-refractivity contribution in [3.8, 4) is 0 Å². The largest absolute Gasteiger partial charge is 0.326 e. The second-order valence-corrected chi connectivity index (χ2v) is 7.33. The number of hydrogen-bond acceptors (Lipinski definition) is 2. The van der Waals surface area contributed by atoms with Crippen LogP contribution in [-0.4, -0.2) is 11.4 Å². The quantitative estimate of drug-likeness (QED) is 0.710. The predicted molar refractivity (Wildman–Crippen MR) is 107 cm³/mol. The number of amides is 1. The first-order valence-electron chi connectivity index (χ1n) is 9.24. The van der Waals surface area contributed by atoms with Crippen LogP contribution in [0.1, 0.15) is 36.8 Å². The van der Waals surface area contributed by atoms with Crippen LogP contribution in [0.5, 0.6) is 0 Å². The van der Waals surface area contributed by atoms with E-state index in [-0.39, 0.29) is 11.4 Å². The normalized spacial score (nSPS) is 21.5. The fraction of sp³-hybridized carbons (Fsp3) is 0.261. The van der Waals surface area contributed by atoms with Gasteiger partial charge in [0.25, 0.3) is 0 Å². The third-order valence-electron chi connectivity index (χ3n) is 5.60. The third kappa shape index (κ3) is 3.23. The summed E-state index contributed by atoms with van der Waals surface area (Å²) in [4.78, 5) is 12.5. The van der Waals surface area contributed by atoms with Gasteiger partial charge < -0.3 is 11.1 Å². The van der Waals surface area contributed by atoms with Gasteiger partial charge in [0, 0.05) is 17.1 Å². The molecule has 2 atom stereocenters. The van der Waals surface area contributed by atoms with Gasteiger partial charge in [0.2, 0.25) is 5.91 Å². The predicted octanol–water partition coefficient (Wildman–Crippen LogP) is 4.62. The molecule has 3 aromatic carbocycles. The van der Waals surface area contributed by atoms with Gasteiger partial charge in [0.1, 0.15) is 0 Å². The van der Waals surface area contributed by atoms with Gasteiger partial charge in [0.05, 0.1) is 6.42 Å². The first kappa shape index (κ1) is 16.8. The Labute approximate surface area is 154 Å². The highest BCUT2D eigenvalue weighted by Crippen LogP contribution is 2.51. The molecule has 0 saturated heterocycles. The van der Waals surface area contributed by atoms with Crippen molar-refractivity contribution in [2.24, 2.45) is 5.73 Å². The van der Waals surface area contributed by atoms with Crippen LogP contribution in [0.3, 0.4) is 0 Å². The van der Waals surface area contributed by atoms with E-state index in [1.807, 2.05) is 36.4 Å². The lowest BCUT2D eigenvalue weighted by molar-refractivity contribution is -0.115. The van der Waals surface area contributed by atoms with Gasteiger partial charge >= 0.3 is 0 Å². The Morgan fingerprint density at radius 3 is 2.54 bits per heavy atom. The number of rotatable bonds is 5. The van der Waals surface area contributed by atoms with Gasteiger partial charge in [-0.15, -0.1) is 0 Å². The summed E-state index contributed by atoms with van der Waals surface area (Å²) in [6.45, 7) is 2.14. The number of anilines is 1. The summed E-state index contributed by atoms with van der Waals surface area (Å²) >= 11 is 0. The molecule has 0 bridgehead atoms. The molecular weight excluding hydrogens is 320 g/mol. The summed E-state index contributed by atoms with van der Waals surface area (Å²) in [6, 6.07) is 22.4. The molecule has 1 aliphatic carbocycles. The highest BCUT2D eigenvalue weighted by atomic mass is 16.1. The minimum atomic E-state index is -0.0286. The van der Waals surface area contributed by atoms with E-state index in [9.17, 15) is 4.79 Å². The molecule has 26 heavy (non-hydrogen) atoms. The second-order valence-electron chi connectivity index (χ2n) is 7.33. The Hall–Kier alpha value is -2.65. The standard InChI is InChI=1S/C23H24N2O/c1-2-23(24)15-21(23)17-10-12-19(13-11-17)25-22(26)14-18-8-5-7-16-6-3-4-9-20(16)18/h3-13,21H,2,14-15,24H2,1H3,(H,25,26). The summed E-state index contributed by atoms with van der Waals surface area (Å²) in [5, 5.41) is 5.30. The van der Waals surface area contributed by atoms with E-state index in [1.54, 1.807) is 0 Å². The molecule has 4 rings (SSSR count). The molecule has 132 valence electrons. The van der Waals surface area contributed by atoms with Crippen molar-refractivity contribution in [2.75, 3.05) is 5.32 Å². The molecule has 3 nitrogen and oxygen atoms in total. The fourth-order valence-corrected chi connectivity index (χ4v) is 3.79. The van der Waals surface area contributed by atoms with Crippen molar-refractivity contribution < 1.29 is 4.79 Å². The number of carbonyl (C=O) groups is 1. The monoisotopic (exact) mass is 344 g/mol. The molecule has 3 N–H and O–H groups in total. The minimum Gasteiger partial charge on any atom is -0.326 e. The Morgan fingerprint density at radius 2 is 1.81 bits per heavy atom. The third-order valence-corrected chi connectivity index (χ3v) is 5.60. The Kier molecular flexibility index (Phi) is 4.25. The first-order valence-corrected chi connectivity index (χ1v) is 9.24. The second kappa shape index (κ2) is 6.58. The maximum Gasteiger partial charge on any atom is 0.228 e. The summed E-state index contributed by atoms with van der Waals surface area (Å²) < 4.78 is 0. The van der Waals surface area contributed by atoms with Crippen LogP contribution in [-0.2, 0) is 11.2 Å². The molecule has 1 aliphatic rings. The topological polar surface area (TPSA) is 55.1 Å². The summed E-state index contributed by atoms with van der Waals surface area (Å²) in [5.41, 5.74) is 9.42. The SMILES string of the molecule is CCC1(N)CC1c1ccc(NC(=O)Cc2cccc3ccccc23)cc1. The van der Waals surface area contributed by atoms with Crippen molar-refractivity contribution in [1.82, 2.24) is 0 Å². The molecule has 1 fully saturated rings. The van der Waals surface area contributed by atoms with Gasteiger partial charge in [0.15, 0.2) is 0 Å². The zero-order valence-corrected chi connectivity index (χ0v) is 15.0. The molecule has 0 aliphatic heterocycles. The van der Waals surface area contributed by atoms with Crippen LogP contribution in [0.2, 0.25) is 0 Å². The number of hydrogen-bond donors (Lipinski definition) is 2. The molecule has 1 saturated carbocycles. The molecule has 3 aromatic rings. The molecule has 3 heteroatoms. The highest BCUT2D eigenvalue weighted by molar-refractivity contribution is 5.96. The van der Waals surface area contributed by atoms with Crippen LogP contribution >= 0.6 is 0 Å². The van der Waals surface area contributed by atoms with E-state index in [2.05, 4.69) is 42.6 Å². The molecule has 2 unspecified atom stereocenters. The number of carbonyl (C=O) groups excluding carboxylic acids is 1. The molecule has 0 radical (unpaired) electrons. The van der Waals surface area contributed by atoms with E-state index in [0.29, 0.717) is 12.3 Å². The van der Waals surface area contributed by atoms with E-state index >= 15 is 0 Å². The van der Waals surface area contributed by atoms with Crippen LogP contribution in [0, 0.1) is 0 Å². The van der Waals surface area contributed by atoms with Gasteiger partial charge in [-0.1, -0.05) is 61.5 Å². The fourth-order valence-electron chi connectivity index (χ4n) is 3.79. The number of fused-ring (bicyclic) bond motifs is 1. The highest BCUT2D eigenvalue weighted by Gasteiger charge is 2.49. The van der Waals surface area contributed by atoms with Crippen molar-refractivity contribution in [1.29, 1.82) is 0 Å². The smallest absolute Gasteiger partial charge is 0.228 e. The zero-order valence-electron chi connectivity index (χ0n) is 15.0. The van der Waals surface area contributed by atoms with Crippen LogP contribution < -0.4 is 11.1 Å². The van der Waals surface area contributed by atoms with Gasteiger partial charge in [-0.25, -0.2) is 0 Å². The average Bonchev–Trinajstić information content (AvgIpc) is 3.35. The molecule has 0 aromatic heterocycles. The van der Waals surface area contributed by atoms with Crippen LogP contribution in [0.15, 0.2) is 66.7 Å². The number of nitrogens with two attached hydrogens (primary N) is 1.